The smallest absolute Gasteiger partial charge is 0.262 e. The van der Waals surface area contributed by atoms with E-state index in [0.717, 1.165) is 0 Å². The highest BCUT2D eigenvalue weighted by Crippen LogP contribution is 2.21. The molecule has 0 radical (unpaired) electrons. The number of nitriles is 1. The van der Waals surface area contributed by atoms with Crippen LogP contribution in [-0.4, -0.2) is 40.5 Å². The Hall–Kier alpha value is -3.15. The van der Waals surface area contributed by atoms with Crippen LogP contribution in [0.25, 0.3) is 10.9 Å². The third kappa shape index (κ3) is 5.96. The van der Waals surface area contributed by atoms with E-state index in [1.807, 2.05) is 50.2 Å². The second-order valence-electron chi connectivity index (χ2n) is 7.40. The Morgan fingerprint density at radius 1 is 1.19 bits per heavy atom. The van der Waals surface area contributed by atoms with Crippen molar-refractivity contribution in [3.05, 3.63) is 65.0 Å². The number of fused-ring (bicyclic) bond motifs is 1. The summed E-state index contributed by atoms with van der Waals surface area (Å²) in [6.07, 6.45) is 0.779. The van der Waals surface area contributed by atoms with Gasteiger partial charge < -0.3 is 4.74 Å². The highest BCUT2D eigenvalue weighted by Gasteiger charge is 2.18. The summed E-state index contributed by atoms with van der Waals surface area (Å²) in [5.41, 5.74) is 1.13. The largest absolute Gasteiger partial charge is 0.379 e. The number of carbonyl (C=O) groups excluding carboxylic acids is 1. The Bertz CT molecular complexity index is 1160. The van der Waals surface area contributed by atoms with Gasteiger partial charge in [-0.3, -0.25) is 19.1 Å². The van der Waals surface area contributed by atoms with Crippen LogP contribution in [0.3, 0.4) is 0 Å². The first-order valence-corrected chi connectivity index (χ1v) is 11.5. The van der Waals surface area contributed by atoms with Gasteiger partial charge in [0.05, 0.1) is 28.8 Å². The van der Waals surface area contributed by atoms with Crippen LogP contribution in [0.15, 0.2) is 64.5 Å². The standard InChI is InChI=1S/C24H26N4O3S/c1-18(2)31-16-8-14-28-23(30)20-11-6-7-12-21(20)26-24(28)32-17-22(29)27(15-13-25)19-9-4-3-5-10-19/h3-7,9-12,18H,8,14-17H2,1-2H3. The number of aromatic nitrogens is 2. The van der Waals surface area contributed by atoms with E-state index in [4.69, 9.17) is 4.74 Å². The van der Waals surface area contributed by atoms with E-state index in [0.29, 0.717) is 41.3 Å². The van der Waals surface area contributed by atoms with Crippen molar-refractivity contribution >= 4 is 34.3 Å². The average Bonchev–Trinajstić information content (AvgIpc) is 2.80. The van der Waals surface area contributed by atoms with E-state index in [1.54, 1.807) is 28.8 Å². The molecule has 0 aliphatic rings. The predicted octanol–water partition coefficient (Wildman–Crippen LogP) is 3.86. The summed E-state index contributed by atoms with van der Waals surface area (Å²) in [5, 5.41) is 10.2. The van der Waals surface area contributed by atoms with Crippen molar-refractivity contribution in [2.45, 2.75) is 38.1 Å². The first-order valence-electron chi connectivity index (χ1n) is 10.5. The molecule has 0 unspecified atom stereocenters. The van der Waals surface area contributed by atoms with E-state index in [-0.39, 0.29) is 29.9 Å². The predicted molar refractivity (Wildman–Crippen MR) is 127 cm³/mol. The number of amides is 1. The van der Waals surface area contributed by atoms with Crippen LogP contribution in [0, 0.1) is 11.3 Å². The normalized spacial score (nSPS) is 10.9. The molecular weight excluding hydrogens is 424 g/mol. The lowest BCUT2D eigenvalue weighted by Gasteiger charge is -2.20. The highest BCUT2D eigenvalue weighted by atomic mass is 32.2. The summed E-state index contributed by atoms with van der Waals surface area (Å²) in [6, 6.07) is 18.3. The molecule has 0 spiro atoms. The Balaban J connectivity index is 1.83. The maximum absolute atomic E-state index is 13.1. The molecule has 166 valence electrons. The number of anilines is 1. The zero-order valence-electron chi connectivity index (χ0n) is 18.2. The molecule has 0 aliphatic heterocycles. The molecule has 3 rings (SSSR count). The highest BCUT2D eigenvalue weighted by molar-refractivity contribution is 7.99. The third-order valence-electron chi connectivity index (χ3n) is 4.73. The van der Waals surface area contributed by atoms with Gasteiger partial charge in [-0.25, -0.2) is 4.98 Å². The lowest BCUT2D eigenvalue weighted by molar-refractivity contribution is -0.116. The molecule has 1 heterocycles. The number of carbonyl (C=O) groups is 1. The van der Waals surface area contributed by atoms with E-state index in [2.05, 4.69) is 4.98 Å². The van der Waals surface area contributed by atoms with Crippen LogP contribution < -0.4 is 10.5 Å². The van der Waals surface area contributed by atoms with Gasteiger partial charge in [-0.2, -0.15) is 5.26 Å². The Kier molecular flexibility index (Phi) is 8.42. The molecule has 0 bridgehead atoms. The minimum absolute atomic E-state index is 0.0477. The van der Waals surface area contributed by atoms with Crippen LogP contribution >= 0.6 is 11.8 Å². The maximum atomic E-state index is 13.1. The molecule has 0 N–H and O–H groups in total. The summed E-state index contributed by atoms with van der Waals surface area (Å²) in [5.74, 6) is -0.163. The lowest BCUT2D eigenvalue weighted by atomic mass is 10.2. The van der Waals surface area contributed by atoms with Crippen molar-refractivity contribution < 1.29 is 9.53 Å². The van der Waals surface area contributed by atoms with Gasteiger partial charge in [0.15, 0.2) is 5.16 Å². The molecule has 32 heavy (non-hydrogen) atoms. The first-order chi connectivity index (χ1) is 15.5. The van der Waals surface area contributed by atoms with Crippen molar-refractivity contribution in [3.8, 4) is 6.07 Å². The van der Waals surface area contributed by atoms with Crippen molar-refractivity contribution in [2.75, 3.05) is 23.8 Å². The second kappa shape index (κ2) is 11.5. The Morgan fingerprint density at radius 2 is 1.91 bits per heavy atom. The third-order valence-corrected chi connectivity index (χ3v) is 5.69. The molecule has 2 aromatic carbocycles. The van der Waals surface area contributed by atoms with Crippen LogP contribution in [0.5, 0.6) is 0 Å². The summed E-state index contributed by atoms with van der Waals surface area (Å²) >= 11 is 1.21. The van der Waals surface area contributed by atoms with Crippen molar-refractivity contribution in [2.24, 2.45) is 0 Å². The number of nitrogens with zero attached hydrogens (tertiary/aromatic N) is 4. The number of rotatable bonds is 10. The molecule has 0 atom stereocenters. The number of hydrogen-bond acceptors (Lipinski definition) is 6. The molecular formula is C24H26N4O3S. The van der Waals surface area contributed by atoms with E-state index >= 15 is 0 Å². The second-order valence-corrected chi connectivity index (χ2v) is 8.35. The zero-order valence-corrected chi connectivity index (χ0v) is 19.0. The van der Waals surface area contributed by atoms with Gasteiger partial charge in [0, 0.05) is 18.8 Å². The summed E-state index contributed by atoms with van der Waals surface area (Å²) in [7, 11) is 0. The minimum Gasteiger partial charge on any atom is -0.379 e. The van der Waals surface area contributed by atoms with Crippen molar-refractivity contribution in [3.63, 3.8) is 0 Å². The van der Waals surface area contributed by atoms with Gasteiger partial charge in [0.2, 0.25) is 5.91 Å². The van der Waals surface area contributed by atoms with Crippen LogP contribution in [0.4, 0.5) is 5.69 Å². The van der Waals surface area contributed by atoms with E-state index in [9.17, 15) is 14.9 Å². The Labute approximate surface area is 191 Å². The number of benzene rings is 2. The number of para-hydroxylation sites is 2. The molecule has 0 aliphatic carbocycles. The van der Waals surface area contributed by atoms with Gasteiger partial charge in [0.1, 0.15) is 6.54 Å². The molecule has 0 fully saturated rings. The van der Waals surface area contributed by atoms with Gasteiger partial charge in [0.25, 0.3) is 5.56 Å². The van der Waals surface area contributed by atoms with Gasteiger partial charge >= 0.3 is 0 Å². The molecule has 3 aromatic rings. The van der Waals surface area contributed by atoms with Crippen molar-refractivity contribution in [1.82, 2.24) is 9.55 Å². The number of thioether (sulfide) groups is 1. The molecule has 1 aromatic heterocycles. The average molecular weight is 451 g/mol. The fraction of sp³-hybridized carbons (Fsp3) is 0.333. The maximum Gasteiger partial charge on any atom is 0.262 e. The SMILES string of the molecule is CC(C)OCCCn1c(SCC(=O)N(CC#N)c2ccccc2)nc2ccccc2c1=O. The van der Waals surface area contributed by atoms with Gasteiger partial charge in [-0.15, -0.1) is 0 Å². The molecule has 7 nitrogen and oxygen atoms in total. The molecule has 0 saturated heterocycles. The van der Waals surface area contributed by atoms with Crippen LogP contribution in [0.2, 0.25) is 0 Å². The summed E-state index contributed by atoms with van der Waals surface area (Å²) in [4.78, 5) is 32.1. The fourth-order valence-electron chi connectivity index (χ4n) is 3.20. The van der Waals surface area contributed by atoms with Crippen LogP contribution in [-0.2, 0) is 16.1 Å². The van der Waals surface area contributed by atoms with Gasteiger partial charge in [-0.1, -0.05) is 42.1 Å². The lowest BCUT2D eigenvalue weighted by Crippen LogP contribution is -2.33. The van der Waals surface area contributed by atoms with Crippen LogP contribution in [0.1, 0.15) is 20.3 Å². The fourth-order valence-corrected chi connectivity index (χ4v) is 4.10. The van der Waals surface area contributed by atoms with E-state index in [1.165, 1.54) is 16.7 Å². The topological polar surface area (TPSA) is 88.2 Å². The quantitative estimate of drug-likeness (QED) is 0.202. The molecule has 8 heteroatoms. The summed E-state index contributed by atoms with van der Waals surface area (Å²) in [6.45, 7) is 4.87. The summed E-state index contributed by atoms with van der Waals surface area (Å²) < 4.78 is 7.21. The van der Waals surface area contributed by atoms with Crippen molar-refractivity contribution in [1.29, 1.82) is 5.26 Å². The monoisotopic (exact) mass is 450 g/mol. The first kappa shape index (κ1) is 23.5. The molecule has 0 saturated carbocycles. The number of ether oxygens (including phenoxy) is 1. The zero-order chi connectivity index (χ0) is 22.9. The van der Waals surface area contributed by atoms with E-state index < -0.39 is 0 Å². The van der Waals surface area contributed by atoms with Gasteiger partial charge in [-0.05, 0) is 44.5 Å². The Morgan fingerprint density at radius 3 is 2.62 bits per heavy atom. The minimum atomic E-state index is -0.222. The molecule has 1 amide bonds. The number of hydrogen-bond donors (Lipinski definition) is 0.